The Morgan fingerprint density at radius 2 is 1.87 bits per heavy atom. The highest BCUT2D eigenvalue weighted by atomic mass is 35.5. The normalized spacial score (nSPS) is 16.7. The zero-order chi connectivity index (χ0) is 27.5. The highest BCUT2D eigenvalue weighted by molar-refractivity contribution is 7.22. The van der Waals surface area contributed by atoms with Crippen LogP contribution in [0.2, 0.25) is 5.02 Å². The van der Waals surface area contributed by atoms with Crippen molar-refractivity contribution in [3.8, 4) is 11.5 Å². The summed E-state index contributed by atoms with van der Waals surface area (Å²) in [6, 6.07) is 12.7. The van der Waals surface area contributed by atoms with E-state index < -0.39 is 17.7 Å². The van der Waals surface area contributed by atoms with Crippen molar-refractivity contribution in [2.24, 2.45) is 0 Å². The fourth-order valence-corrected chi connectivity index (χ4v) is 5.78. The highest BCUT2D eigenvalue weighted by Crippen LogP contribution is 2.46. The molecule has 0 bridgehead atoms. The summed E-state index contributed by atoms with van der Waals surface area (Å²) < 4.78 is 12.3. The summed E-state index contributed by atoms with van der Waals surface area (Å²) in [6.07, 6.45) is 6.05. The molecule has 1 unspecified atom stereocenters. The molecule has 1 fully saturated rings. The van der Waals surface area contributed by atoms with Crippen molar-refractivity contribution in [2.45, 2.75) is 32.2 Å². The Kier molecular flexibility index (Phi) is 7.81. The first-order valence-electron chi connectivity index (χ1n) is 12.5. The quantitative estimate of drug-likeness (QED) is 0.107. The maximum absolute atomic E-state index is 13.5. The number of ketones is 1. The van der Waals surface area contributed by atoms with Gasteiger partial charge in [-0.2, -0.15) is 0 Å². The molecule has 10 heteroatoms. The van der Waals surface area contributed by atoms with Crippen LogP contribution in [-0.2, 0) is 9.59 Å². The molecule has 0 aliphatic carbocycles. The first-order chi connectivity index (χ1) is 18.9. The van der Waals surface area contributed by atoms with Gasteiger partial charge in [0, 0.05) is 23.0 Å². The first kappa shape index (κ1) is 26.6. The van der Waals surface area contributed by atoms with Crippen molar-refractivity contribution in [1.29, 1.82) is 0 Å². The molecule has 1 aliphatic rings. The predicted molar refractivity (Wildman–Crippen MR) is 152 cm³/mol. The number of fused-ring (bicyclic) bond motifs is 1. The number of unbranched alkanes of at least 4 members (excludes halogenated alkanes) is 2. The lowest BCUT2D eigenvalue weighted by Gasteiger charge is -2.24. The van der Waals surface area contributed by atoms with Crippen LogP contribution < -0.4 is 14.4 Å². The third-order valence-electron chi connectivity index (χ3n) is 6.45. The van der Waals surface area contributed by atoms with Gasteiger partial charge < -0.3 is 14.6 Å². The maximum Gasteiger partial charge on any atom is 0.301 e. The third kappa shape index (κ3) is 5.20. The number of hydrogen-bond donors (Lipinski definition) is 1. The second kappa shape index (κ2) is 11.4. The number of Topliss-reactive ketones (excluding diaryl/α,β-unsaturated/α-hetero) is 1. The Labute approximate surface area is 234 Å². The zero-order valence-electron chi connectivity index (χ0n) is 21.4. The molecule has 2 aromatic carbocycles. The Morgan fingerprint density at radius 3 is 2.62 bits per heavy atom. The van der Waals surface area contributed by atoms with Gasteiger partial charge in [0.2, 0.25) is 0 Å². The number of hydrogen-bond acceptors (Lipinski definition) is 8. The standard InChI is InChI=1S/C29H26ClN3O5S/c1-3-4-5-14-38-21-9-6-18(15-22(21)37-2)25-24(26(34)17-10-12-31-13-11-17)27(35)28(36)33(25)29-32-20-8-7-19(30)16-23(20)39-29/h6-13,15-16,25,34H,3-5,14H2,1-2H3/b26-24+. The van der Waals surface area contributed by atoms with Crippen molar-refractivity contribution < 1.29 is 24.2 Å². The van der Waals surface area contributed by atoms with E-state index >= 15 is 0 Å². The fraction of sp³-hybridized carbons (Fsp3) is 0.241. The number of methoxy groups -OCH3 is 1. The van der Waals surface area contributed by atoms with Gasteiger partial charge in [-0.3, -0.25) is 19.5 Å². The molecule has 1 atom stereocenters. The molecule has 0 radical (unpaired) electrons. The van der Waals surface area contributed by atoms with Crippen LogP contribution in [0.25, 0.3) is 16.0 Å². The number of aliphatic hydroxyl groups excluding tert-OH is 1. The summed E-state index contributed by atoms with van der Waals surface area (Å²) >= 11 is 7.41. The van der Waals surface area contributed by atoms with Gasteiger partial charge in [-0.25, -0.2) is 4.98 Å². The van der Waals surface area contributed by atoms with Gasteiger partial charge in [-0.1, -0.05) is 48.8 Å². The number of amides is 1. The molecule has 1 saturated heterocycles. The van der Waals surface area contributed by atoms with Crippen LogP contribution in [0.5, 0.6) is 11.5 Å². The molecule has 39 heavy (non-hydrogen) atoms. The number of aromatic nitrogens is 2. The monoisotopic (exact) mass is 563 g/mol. The van der Waals surface area contributed by atoms with Crippen molar-refractivity contribution in [3.05, 3.63) is 82.6 Å². The predicted octanol–water partition coefficient (Wildman–Crippen LogP) is 6.55. The van der Waals surface area contributed by atoms with Gasteiger partial charge in [0.15, 0.2) is 16.6 Å². The Bertz CT molecular complexity index is 1570. The molecule has 1 amide bonds. The molecule has 2 aromatic heterocycles. The number of benzene rings is 2. The minimum absolute atomic E-state index is 0.0536. The van der Waals surface area contributed by atoms with E-state index in [1.165, 1.54) is 35.7 Å². The lowest BCUT2D eigenvalue weighted by molar-refractivity contribution is -0.132. The van der Waals surface area contributed by atoms with E-state index in [1.54, 1.807) is 48.5 Å². The van der Waals surface area contributed by atoms with Crippen LogP contribution in [0.15, 0.2) is 66.5 Å². The summed E-state index contributed by atoms with van der Waals surface area (Å²) in [5, 5.41) is 12.1. The summed E-state index contributed by atoms with van der Waals surface area (Å²) in [7, 11) is 1.53. The van der Waals surface area contributed by atoms with Crippen LogP contribution in [0.1, 0.15) is 43.4 Å². The molecule has 8 nitrogen and oxygen atoms in total. The largest absolute Gasteiger partial charge is 0.507 e. The smallest absolute Gasteiger partial charge is 0.301 e. The van der Waals surface area contributed by atoms with Crippen molar-refractivity contribution in [1.82, 2.24) is 9.97 Å². The second-order valence-corrected chi connectivity index (χ2v) is 10.4. The van der Waals surface area contributed by atoms with Crippen LogP contribution in [0.3, 0.4) is 0 Å². The van der Waals surface area contributed by atoms with Gasteiger partial charge in [0.1, 0.15) is 5.76 Å². The number of aliphatic hydroxyl groups is 1. The minimum atomic E-state index is -0.961. The number of halogens is 1. The molecule has 200 valence electrons. The van der Waals surface area contributed by atoms with Gasteiger partial charge in [0.05, 0.1) is 35.5 Å². The number of pyridine rings is 1. The van der Waals surface area contributed by atoms with Gasteiger partial charge >= 0.3 is 5.91 Å². The Morgan fingerprint density at radius 1 is 1.08 bits per heavy atom. The number of ether oxygens (including phenoxy) is 2. The molecular weight excluding hydrogens is 538 g/mol. The van der Waals surface area contributed by atoms with Gasteiger partial charge in [0.25, 0.3) is 5.78 Å². The SMILES string of the molecule is CCCCCOc1ccc(C2/C(=C(\O)c3ccncc3)C(=O)C(=O)N2c2nc3ccc(Cl)cc3s2)cc1OC. The first-order valence-corrected chi connectivity index (χ1v) is 13.7. The molecule has 1 N–H and O–H groups in total. The average Bonchev–Trinajstić information content (AvgIpc) is 3.48. The van der Waals surface area contributed by atoms with E-state index in [4.69, 9.17) is 21.1 Å². The van der Waals surface area contributed by atoms with Gasteiger partial charge in [-0.15, -0.1) is 0 Å². The van der Waals surface area contributed by atoms with E-state index in [-0.39, 0.29) is 11.3 Å². The molecule has 0 spiro atoms. The zero-order valence-corrected chi connectivity index (χ0v) is 23.0. The molecule has 5 rings (SSSR count). The summed E-state index contributed by atoms with van der Waals surface area (Å²) in [5.74, 6) is -0.899. The molecule has 3 heterocycles. The van der Waals surface area contributed by atoms with E-state index in [9.17, 15) is 14.7 Å². The van der Waals surface area contributed by atoms with E-state index in [0.29, 0.717) is 44.9 Å². The second-order valence-electron chi connectivity index (χ2n) is 8.98. The number of anilines is 1. The molecule has 4 aromatic rings. The van der Waals surface area contributed by atoms with Gasteiger partial charge in [-0.05, 0) is 54.4 Å². The fourth-order valence-electron chi connectivity index (χ4n) is 4.51. The Balaban J connectivity index is 1.65. The molecule has 1 aliphatic heterocycles. The number of rotatable bonds is 9. The summed E-state index contributed by atoms with van der Waals surface area (Å²) in [4.78, 5) is 36.9. The summed E-state index contributed by atoms with van der Waals surface area (Å²) in [5.41, 5.74) is 1.51. The van der Waals surface area contributed by atoms with E-state index in [0.717, 1.165) is 24.0 Å². The Hall–Kier alpha value is -3.95. The lowest BCUT2D eigenvalue weighted by Crippen LogP contribution is -2.29. The summed E-state index contributed by atoms with van der Waals surface area (Å²) in [6.45, 7) is 2.66. The number of nitrogens with zero attached hydrogens (tertiary/aromatic N) is 3. The van der Waals surface area contributed by atoms with Crippen LogP contribution in [0, 0.1) is 0 Å². The molecule has 0 saturated carbocycles. The van der Waals surface area contributed by atoms with Crippen molar-refractivity contribution >= 4 is 55.7 Å². The maximum atomic E-state index is 13.5. The number of carbonyl (C=O) groups is 2. The minimum Gasteiger partial charge on any atom is -0.507 e. The average molecular weight is 564 g/mol. The van der Waals surface area contributed by atoms with Crippen LogP contribution in [0.4, 0.5) is 5.13 Å². The van der Waals surface area contributed by atoms with Crippen LogP contribution in [-0.4, -0.2) is 40.5 Å². The number of carbonyl (C=O) groups excluding carboxylic acids is 2. The van der Waals surface area contributed by atoms with Crippen molar-refractivity contribution in [3.63, 3.8) is 0 Å². The lowest BCUT2D eigenvalue weighted by atomic mass is 9.95. The topological polar surface area (TPSA) is 102 Å². The third-order valence-corrected chi connectivity index (χ3v) is 7.70. The highest BCUT2D eigenvalue weighted by Gasteiger charge is 2.48. The van der Waals surface area contributed by atoms with Crippen molar-refractivity contribution in [2.75, 3.05) is 18.6 Å². The van der Waals surface area contributed by atoms with E-state index in [2.05, 4.69) is 16.9 Å². The van der Waals surface area contributed by atoms with Crippen LogP contribution >= 0.6 is 22.9 Å². The molecular formula is C29H26ClN3O5S. The van der Waals surface area contributed by atoms with E-state index in [1.807, 2.05) is 0 Å². The number of thiazole rings is 1.